The second kappa shape index (κ2) is 4.78. The molecular weight excluding hydrogens is 171 g/mol. The molecule has 5 heteroatoms. The molecule has 0 unspecified atom stereocenters. The van der Waals surface area contributed by atoms with Gasteiger partial charge in [0.05, 0.1) is 19.5 Å². The molecule has 0 amide bonds. The predicted molar refractivity (Wildman–Crippen MR) is 37.4 cm³/mol. The van der Waals surface area contributed by atoms with Crippen molar-refractivity contribution in [2.75, 3.05) is 13.1 Å². The Kier molecular flexibility index (Phi) is 4.37. The maximum Gasteiger partial charge on any atom is 0.401 e. The van der Waals surface area contributed by atoms with Crippen LogP contribution in [-0.2, 0) is 4.79 Å². The van der Waals surface area contributed by atoms with Gasteiger partial charge in [0.2, 0.25) is 0 Å². The summed E-state index contributed by atoms with van der Waals surface area (Å²) in [6.45, 7) is -1.49. The van der Waals surface area contributed by atoms with Crippen LogP contribution < -0.4 is 5.32 Å². The Morgan fingerprint density at radius 3 is 2.50 bits per heavy atom. The first-order valence-corrected chi connectivity index (χ1v) is 3.18. The molecule has 0 rings (SSSR count). The summed E-state index contributed by atoms with van der Waals surface area (Å²) >= 11 is 0. The van der Waals surface area contributed by atoms with Crippen LogP contribution in [0.4, 0.5) is 13.2 Å². The van der Waals surface area contributed by atoms with E-state index in [0.717, 1.165) is 0 Å². The summed E-state index contributed by atoms with van der Waals surface area (Å²) in [6, 6.07) is 0. The van der Waals surface area contributed by atoms with Crippen LogP contribution in [0.25, 0.3) is 0 Å². The predicted octanol–water partition coefficient (Wildman–Crippen LogP) is 0.731. The molecule has 1 N–H and O–H groups in total. The number of hydrogen-bond acceptors (Lipinski definition) is 2. The lowest BCUT2D eigenvalue weighted by atomic mass is 10.3. The van der Waals surface area contributed by atoms with Crippen molar-refractivity contribution in [2.24, 2.45) is 0 Å². The smallest absolute Gasteiger partial charge is 0.302 e. The largest absolute Gasteiger partial charge is 0.401 e. The van der Waals surface area contributed by atoms with Crippen molar-refractivity contribution < 1.29 is 18.0 Å². The van der Waals surface area contributed by atoms with E-state index in [9.17, 15) is 18.0 Å². The highest BCUT2D eigenvalue weighted by molar-refractivity contribution is 5.82. The van der Waals surface area contributed by atoms with Gasteiger partial charge in [0, 0.05) is 0 Å². The van der Waals surface area contributed by atoms with E-state index in [-0.39, 0.29) is 13.0 Å². The topological polar surface area (TPSA) is 29.1 Å². The number of Topliss-reactive ketones (excluding diaryl/α,β-unsaturated/α-hetero) is 1. The Morgan fingerprint density at radius 2 is 2.08 bits per heavy atom. The first-order valence-electron chi connectivity index (χ1n) is 3.18. The average molecular weight is 179 g/mol. The van der Waals surface area contributed by atoms with Gasteiger partial charge in [0.1, 0.15) is 0 Å². The Morgan fingerprint density at radius 1 is 1.50 bits per heavy atom. The summed E-state index contributed by atoms with van der Waals surface area (Å²) < 4.78 is 34.4. The standard InChI is InChI=1S/C7H8F3NO/c1-2-3-6(12)4-11-5-7(8,9)10/h1,11H,3-5H2. The molecular formula is C7H8F3NO. The molecule has 0 aromatic rings. The van der Waals surface area contributed by atoms with Gasteiger partial charge in [0.15, 0.2) is 5.78 Å². The molecule has 0 spiro atoms. The highest BCUT2D eigenvalue weighted by atomic mass is 19.4. The van der Waals surface area contributed by atoms with E-state index >= 15 is 0 Å². The minimum Gasteiger partial charge on any atom is -0.302 e. The number of hydrogen-bond donors (Lipinski definition) is 1. The van der Waals surface area contributed by atoms with Crippen molar-refractivity contribution in [1.29, 1.82) is 0 Å². The first kappa shape index (κ1) is 11.0. The number of ketones is 1. The number of carbonyl (C=O) groups excluding carboxylic acids is 1. The van der Waals surface area contributed by atoms with Gasteiger partial charge in [-0.05, 0) is 0 Å². The number of rotatable bonds is 4. The van der Waals surface area contributed by atoms with Gasteiger partial charge >= 0.3 is 6.18 Å². The summed E-state index contributed by atoms with van der Waals surface area (Å²) in [5, 5.41) is 1.94. The van der Waals surface area contributed by atoms with Gasteiger partial charge in [-0.1, -0.05) is 5.92 Å². The lowest BCUT2D eigenvalue weighted by molar-refractivity contribution is -0.127. The number of alkyl halides is 3. The number of nitrogens with one attached hydrogen (secondary N) is 1. The van der Waals surface area contributed by atoms with Gasteiger partial charge in [-0.2, -0.15) is 13.2 Å². The van der Waals surface area contributed by atoms with E-state index in [1.807, 2.05) is 11.2 Å². The van der Waals surface area contributed by atoms with Crippen LogP contribution in [0.5, 0.6) is 0 Å². The minimum absolute atomic E-state index is 0.134. The van der Waals surface area contributed by atoms with Crippen molar-refractivity contribution in [3.05, 3.63) is 0 Å². The maximum atomic E-state index is 11.5. The molecule has 0 saturated carbocycles. The lowest BCUT2D eigenvalue weighted by Crippen LogP contribution is -2.32. The summed E-state index contributed by atoms with van der Waals surface area (Å²) in [7, 11) is 0. The minimum atomic E-state index is -4.28. The fraction of sp³-hybridized carbons (Fsp3) is 0.571. The molecule has 68 valence electrons. The first-order chi connectivity index (χ1) is 5.45. The fourth-order valence-electron chi connectivity index (χ4n) is 0.520. The molecule has 0 aromatic heterocycles. The number of carbonyl (C=O) groups is 1. The summed E-state index contributed by atoms with van der Waals surface area (Å²) in [6.07, 6.45) is 0.351. The van der Waals surface area contributed by atoms with E-state index in [1.54, 1.807) is 0 Å². The normalized spacial score (nSPS) is 10.8. The van der Waals surface area contributed by atoms with Crippen LogP contribution >= 0.6 is 0 Å². The maximum absolute atomic E-state index is 11.5. The van der Waals surface area contributed by atoms with Gasteiger partial charge < -0.3 is 5.32 Å². The van der Waals surface area contributed by atoms with Gasteiger partial charge in [-0.3, -0.25) is 4.79 Å². The van der Waals surface area contributed by atoms with E-state index in [0.29, 0.717) is 0 Å². The summed E-state index contributed by atoms with van der Waals surface area (Å²) in [5.41, 5.74) is 0. The molecule has 0 saturated heterocycles. The zero-order valence-electron chi connectivity index (χ0n) is 6.24. The average Bonchev–Trinajstić information content (AvgIpc) is 1.84. The van der Waals surface area contributed by atoms with Crippen molar-refractivity contribution in [3.63, 3.8) is 0 Å². The van der Waals surface area contributed by atoms with E-state index < -0.39 is 18.5 Å². The van der Waals surface area contributed by atoms with Crippen LogP contribution in [0.2, 0.25) is 0 Å². The van der Waals surface area contributed by atoms with Gasteiger partial charge in [-0.25, -0.2) is 0 Å². The van der Waals surface area contributed by atoms with Crippen LogP contribution in [0.15, 0.2) is 0 Å². The quantitative estimate of drug-likeness (QED) is 0.644. The van der Waals surface area contributed by atoms with E-state index in [2.05, 4.69) is 0 Å². The molecule has 0 heterocycles. The van der Waals surface area contributed by atoms with Crippen molar-refractivity contribution in [2.45, 2.75) is 12.6 Å². The van der Waals surface area contributed by atoms with Crippen molar-refractivity contribution in [1.82, 2.24) is 5.32 Å². The Hall–Kier alpha value is -1.02. The third-order valence-corrected chi connectivity index (χ3v) is 0.947. The second-order valence-corrected chi connectivity index (χ2v) is 2.14. The third-order valence-electron chi connectivity index (χ3n) is 0.947. The molecule has 0 fully saturated rings. The molecule has 2 nitrogen and oxygen atoms in total. The molecule has 12 heavy (non-hydrogen) atoms. The highest BCUT2D eigenvalue weighted by Crippen LogP contribution is 2.11. The summed E-state index contributed by atoms with van der Waals surface area (Å²) in [4.78, 5) is 10.6. The second-order valence-electron chi connectivity index (χ2n) is 2.14. The zero-order chi connectivity index (χ0) is 9.61. The molecule has 0 atom stereocenters. The fourth-order valence-corrected chi connectivity index (χ4v) is 0.520. The SMILES string of the molecule is C#CCC(=O)CNCC(F)(F)F. The van der Waals surface area contributed by atoms with Crippen LogP contribution in [0.1, 0.15) is 6.42 Å². The molecule has 0 aliphatic carbocycles. The van der Waals surface area contributed by atoms with Crippen LogP contribution in [0.3, 0.4) is 0 Å². The Bertz CT molecular complexity index is 192. The van der Waals surface area contributed by atoms with Gasteiger partial charge in [0.25, 0.3) is 0 Å². The third kappa shape index (κ3) is 7.09. The molecule has 0 aliphatic rings. The molecule has 0 bridgehead atoms. The van der Waals surface area contributed by atoms with E-state index in [1.165, 1.54) is 0 Å². The Balaban J connectivity index is 3.45. The van der Waals surface area contributed by atoms with Crippen molar-refractivity contribution >= 4 is 5.78 Å². The van der Waals surface area contributed by atoms with Crippen LogP contribution in [0, 0.1) is 12.3 Å². The monoisotopic (exact) mass is 179 g/mol. The van der Waals surface area contributed by atoms with Crippen molar-refractivity contribution in [3.8, 4) is 12.3 Å². The van der Waals surface area contributed by atoms with Crippen LogP contribution in [-0.4, -0.2) is 25.0 Å². The van der Waals surface area contributed by atoms with E-state index in [4.69, 9.17) is 6.42 Å². The molecule has 0 aliphatic heterocycles. The number of terminal acetylenes is 1. The molecule has 0 aromatic carbocycles. The lowest BCUT2D eigenvalue weighted by Gasteiger charge is -2.05. The number of halogens is 3. The molecule has 0 radical (unpaired) electrons. The Labute approximate surface area is 68.1 Å². The highest BCUT2D eigenvalue weighted by Gasteiger charge is 2.26. The zero-order valence-corrected chi connectivity index (χ0v) is 6.24. The summed E-state index contributed by atoms with van der Waals surface area (Å²) in [5.74, 6) is 1.63. The van der Waals surface area contributed by atoms with Gasteiger partial charge in [-0.15, -0.1) is 6.42 Å².